The first-order valence-electron chi connectivity index (χ1n) is 6.64. The average molecular weight is 272 g/mol. The molecule has 0 aliphatic heterocycles. The van der Waals surface area contributed by atoms with Crippen molar-refractivity contribution < 1.29 is 14.7 Å². The molecule has 0 radical (unpaired) electrons. The zero-order valence-corrected chi connectivity index (χ0v) is 11.0. The first-order valence-corrected chi connectivity index (χ1v) is 6.64. The van der Waals surface area contributed by atoms with Crippen molar-refractivity contribution in [2.24, 2.45) is 11.8 Å². The van der Waals surface area contributed by atoms with E-state index in [0.29, 0.717) is 36.9 Å². The standard InChI is InChI=1S/C15H16N2O3/c16-9-10-1-7-13(8-2-10)17-14(18)11-3-5-12(6-4-11)15(19)20/h1-2,7-8,11-12H,3-6H2,(H,17,18)(H,19,20). The maximum absolute atomic E-state index is 12.1. The van der Waals surface area contributed by atoms with Crippen molar-refractivity contribution in [3.8, 4) is 6.07 Å². The van der Waals surface area contributed by atoms with Crippen LogP contribution < -0.4 is 5.32 Å². The van der Waals surface area contributed by atoms with Crippen LogP contribution >= 0.6 is 0 Å². The molecule has 1 aliphatic carbocycles. The number of carboxylic acids is 1. The summed E-state index contributed by atoms with van der Waals surface area (Å²) >= 11 is 0. The predicted molar refractivity (Wildman–Crippen MR) is 72.9 cm³/mol. The quantitative estimate of drug-likeness (QED) is 0.884. The summed E-state index contributed by atoms with van der Waals surface area (Å²) in [6.07, 6.45) is 2.33. The van der Waals surface area contributed by atoms with E-state index < -0.39 is 5.97 Å². The molecule has 1 saturated carbocycles. The maximum Gasteiger partial charge on any atom is 0.306 e. The zero-order valence-electron chi connectivity index (χ0n) is 11.0. The number of amides is 1. The highest BCUT2D eigenvalue weighted by molar-refractivity contribution is 5.92. The first kappa shape index (κ1) is 14.1. The lowest BCUT2D eigenvalue weighted by Crippen LogP contribution is -2.29. The van der Waals surface area contributed by atoms with Gasteiger partial charge in [-0.25, -0.2) is 0 Å². The Morgan fingerprint density at radius 3 is 2.15 bits per heavy atom. The van der Waals surface area contributed by atoms with Crippen molar-refractivity contribution in [2.75, 3.05) is 5.32 Å². The number of benzene rings is 1. The molecule has 5 nitrogen and oxygen atoms in total. The zero-order chi connectivity index (χ0) is 14.5. The largest absolute Gasteiger partial charge is 0.481 e. The molecule has 1 fully saturated rings. The van der Waals surface area contributed by atoms with Gasteiger partial charge in [0.15, 0.2) is 0 Å². The second kappa shape index (κ2) is 6.20. The van der Waals surface area contributed by atoms with Gasteiger partial charge in [0.05, 0.1) is 17.6 Å². The van der Waals surface area contributed by atoms with Crippen LogP contribution in [0.5, 0.6) is 0 Å². The van der Waals surface area contributed by atoms with Gasteiger partial charge in [0.1, 0.15) is 0 Å². The number of hydrogen-bond acceptors (Lipinski definition) is 3. The van der Waals surface area contributed by atoms with E-state index in [1.165, 1.54) is 0 Å². The number of nitriles is 1. The number of nitrogens with zero attached hydrogens (tertiary/aromatic N) is 1. The third-order valence-electron chi connectivity index (χ3n) is 3.73. The van der Waals surface area contributed by atoms with Crippen LogP contribution in [0.4, 0.5) is 5.69 Å². The van der Waals surface area contributed by atoms with E-state index in [2.05, 4.69) is 5.32 Å². The van der Waals surface area contributed by atoms with E-state index in [1.807, 2.05) is 6.07 Å². The van der Waals surface area contributed by atoms with Crippen molar-refractivity contribution in [1.82, 2.24) is 0 Å². The molecule has 2 N–H and O–H groups in total. The van der Waals surface area contributed by atoms with Gasteiger partial charge in [0, 0.05) is 11.6 Å². The minimum absolute atomic E-state index is 0.0708. The highest BCUT2D eigenvalue weighted by Crippen LogP contribution is 2.29. The Balaban J connectivity index is 1.89. The number of carbonyl (C=O) groups excluding carboxylic acids is 1. The van der Waals surface area contributed by atoms with Crippen LogP contribution in [0.15, 0.2) is 24.3 Å². The molecule has 1 amide bonds. The summed E-state index contributed by atoms with van der Waals surface area (Å²) in [6.45, 7) is 0. The third kappa shape index (κ3) is 3.35. The number of hydrogen-bond donors (Lipinski definition) is 2. The smallest absolute Gasteiger partial charge is 0.306 e. The van der Waals surface area contributed by atoms with Gasteiger partial charge in [-0.1, -0.05) is 0 Å². The van der Waals surface area contributed by atoms with E-state index in [4.69, 9.17) is 10.4 Å². The van der Waals surface area contributed by atoms with Crippen LogP contribution in [0, 0.1) is 23.2 Å². The monoisotopic (exact) mass is 272 g/mol. The number of nitrogens with one attached hydrogen (secondary N) is 1. The number of carboxylic acid groups (broad SMARTS) is 1. The molecular weight excluding hydrogens is 256 g/mol. The average Bonchev–Trinajstić information content (AvgIpc) is 2.48. The molecule has 0 spiro atoms. The molecule has 0 aromatic heterocycles. The van der Waals surface area contributed by atoms with Gasteiger partial charge >= 0.3 is 5.97 Å². The van der Waals surface area contributed by atoms with Crippen LogP contribution in [0.25, 0.3) is 0 Å². The highest BCUT2D eigenvalue weighted by Gasteiger charge is 2.29. The number of anilines is 1. The Labute approximate surface area is 117 Å². The molecule has 1 aromatic carbocycles. The predicted octanol–water partition coefficient (Wildman–Crippen LogP) is 2.39. The van der Waals surface area contributed by atoms with Crippen LogP contribution in [0.3, 0.4) is 0 Å². The highest BCUT2D eigenvalue weighted by atomic mass is 16.4. The molecule has 0 unspecified atom stereocenters. The van der Waals surface area contributed by atoms with Gasteiger partial charge in [-0.15, -0.1) is 0 Å². The Bertz CT molecular complexity index is 537. The lowest BCUT2D eigenvalue weighted by Gasteiger charge is -2.25. The summed E-state index contributed by atoms with van der Waals surface area (Å²) in [7, 11) is 0. The molecule has 0 bridgehead atoms. The van der Waals surface area contributed by atoms with Crippen LogP contribution in [-0.2, 0) is 9.59 Å². The van der Waals surface area contributed by atoms with Crippen molar-refractivity contribution in [2.45, 2.75) is 25.7 Å². The molecule has 0 heterocycles. The van der Waals surface area contributed by atoms with Crippen LogP contribution in [0.1, 0.15) is 31.2 Å². The van der Waals surface area contributed by atoms with Gasteiger partial charge < -0.3 is 10.4 Å². The SMILES string of the molecule is N#Cc1ccc(NC(=O)C2CCC(C(=O)O)CC2)cc1. The summed E-state index contributed by atoms with van der Waals surface area (Å²) in [5, 5.41) is 20.4. The lowest BCUT2D eigenvalue weighted by atomic mass is 9.81. The first-order chi connectivity index (χ1) is 9.60. The van der Waals surface area contributed by atoms with E-state index in [9.17, 15) is 9.59 Å². The summed E-state index contributed by atoms with van der Waals surface area (Å²) in [6, 6.07) is 8.71. The molecule has 0 saturated heterocycles. The molecule has 2 rings (SSSR count). The summed E-state index contributed by atoms with van der Waals surface area (Å²) in [5.41, 5.74) is 1.21. The van der Waals surface area contributed by atoms with Gasteiger partial charge in [0.25, 0.3) is 0 Å². The molecule has 1 aromatic rings. The molecule has 0 atom stereocenters. The lowest BCUT2D eigenvalue weighted by molar-refractivity contribution is -0.143. The fourth-order valence-electron chi connectivity index (χ4n) is 2.47. The van der Waals surface area contributed by atoms with E-state index >= 15 is 0 Å². The molecule has 104 valence electrons. The minimum atomic E-state index is -0.768. The van der Waals surface area contributed by atoms with Crippen molar-refractivity contribution in [1.29, 1.82) is 5.26 Å². The molecular formula is C15H16N2O3. The summed E-state index contributed by atoms with van der Waals surface area (Å²) in [4.78, 5) is 22.9. The Kier molecular flexibility index (Phi) is 4.36. The van der Waals surface area contributed by atoms with Crippen LogP contribution in [-0.4, -0.2) is 17.0 Å². The Morgan fingerprint density at radius 1 is 1.10 bits per heavy atom. The molecule has 20 heavy (non-hydrogen) atoms. The Hall–Kier alpha value is -2.35. The van der Waals surface area contributed by atoms with E-state index in [1.54, 1.807) is 24.3 Å². The fraction of sp³-hybridized carbons (Fsp3) is 0.400. The van der Waals surface area contributed by atoms with Crippen LogP contribution in [0.2, 0.25) is 0 Å². The molecule has 1 aliphatic rings. The number of carbonyl (C=O) groups is 2. The van der Waals surface area contributed by atoms with E-state index in [-0.39, 0.29) is 17.7 Å². The minimum Gasteiger partial charge on any atom is -0.481 e. The second-order valence-corrected chi connectivity index (χ2v) is 5.07. The fourth-order valence-corrected chi connectivity index (χ4v) is 2.47. The molecule has 5 heteroatoms. The van der Waals surface area contributed by atoms with Gasteiger partial charge in [-0.3, -0.25) is 9.59 Å². The summed E-state index contributed by atoms with van der Waals surface area (Å²) < 4.78 is 0. The van der Waals surface area contributed by atoms with Gasteiger partial charge in [0.2, 0.25) is 5.91 Å². The van der Waals surface area contributed by atoms with Crippen molar-refractivity contribution >= 4 is 17.6 Å². The summed E-state index contributed by atoms with van der Waals surface area (Å²) in [5.74, 6) is -1.27. The number of rotatable bonds is 3. The third-order valence-corrected chi connectivity index (χ3v) is 3.73. The van der Waals surface area contributed by atoms with E-state index in [0.717, 1.165) is 0 Å². The topological polar surface area (TPSA) is 90.2 Å². The van der Waals surface area contributed by atoms with Crippen molar-refractivity contribution in [3.63, 3.8) is 0 Å². The second-order valence-electron chi connectivity index (χ2n) is 5.07. The normalized spacial score (nSPS) is 21.8. The number of aliphatic carboxylic acids is 1. The van der Waals surface area contributed by atoms with Gasteiger partial charge in [-0.05, 0) is 49.9 Å². The maximum atomic E-state index is 12.1. The van der Waals surface area contributed by atoms with Crippen molar-refractivity contribution in [3.05, 3.63) is 29.8 Å². The Morgan fingerprint density at radius 2 is 1.65 bits per heavy atom. The van der Waals surface area contributed by atoms with Gasteiger partial charge in [-0.2, -0.15) is 5.26 Å².